The first kappa shape index (κ1) is 11.0. The molecule has 1 unspecified atom stereocenters. The van der Waals surface area contributed by atoms with E-state index in [-0.39, 0.29) is 0 Å². The average Bonchev–Trinajstić information content (AvgIpc) is 2.23. The van der Waals surface area contributed by atoms with Gasteiger partial charge in [-0.05, 0) is 36.1 Å². The van der Waals surface area contributed by atoms with Crippen LogP contribution in [0.1, 0.15) is 47.5 Å². The molecule has 0 radical (unpaired) electrons. The van der Waals surface area contributed by atoms with Crippen molar-refractivity contribution in [3.05, 3.63) is 0 Å². The van der Waals surface area contributed by atoms with Crippen molar-refractivity contribution in [1.82, 2.24) is 5.32 Å². The van der Waals surface area contributed by atoms with Crippen molar-refractivity contribution in [3.8, 4) is 0 Å². The Kier molecular flexibility index (Phi) is 3.06. The lowest BCUT2D eigenvalue weighted by atomic mass is 9.76. The minimum absolute atomic E-state index is 0.499. The van der Waals surface area contributed by atoms with Gasteiger partial charge in [-0.15, -0.1) is 0 Å². The second kappa shape index (κ2) is 3.61. The fourth-order valence-electron chi connectivity index (χ4n) is 2.09. The molecule has 0 aromatic heterocycles. The molecule has 0 spiro atoms. The van der Waals surface area contributed by atoms with E-state index in [9.17, 15) is 0 Å². The summed E-state index contributed by atoms with van der Waals surface area (Å²) in [5.41, 5.74) is 1.02. The molecule has 1 heterocycles. The van der Waals surface area contributed by atoms with Crippen LogP contribution in [0.5, 0.6) is 0 Å². The summed E-state index contributed by atoms with van der Waals surface area (Å²) < 4.78 is 0. The monoisotopic (exact) mass is 183 g/mol. The topological polar surface area (TPSA) is 12.0 Å². The van der Waals surface area contributed by atoms with Crippen LogP contribution in [0.25, 0.3) is 0 Å². The van der Waals surface area contributed by atoms with Crippen molar-refractivity contribution < 1.29 is 0 Å². The highest BCUT2D eigenvalue weighted by Gasteiger charge is 2.34. The molecule has 1 rings (SSSR count). The van der Waals surface area contributed by atoms with Crippen LogP contribution in [0.2, 0.25) is 0 Å². The molecule has 0 aromatic rings. The zero-order chi connectivity index (χ0) is 10.1. The van der Waals surface area contributed by atoms with E-state index >= 15 is 0 Å². The van der Waals surface area contributed by atoms with Crippen LogP contribution >= 0.6 is 0 Å². The second-order valence-electron chi connectivity index (χ2n) is 6.42. The molecule has 1 atom stereocenters. The third-order valence-corrected chi connectivity index (χ3v) is 3.32. The molecule has 1 aliphatic rings. The van der Waals surface area contributed by atoms with Gasteiger partial charge in [0.1, 0.15) is 0 Å². The fraction of sp³-hybridized carbons (Fsp3) is 1.00. The normalized spacial score (nSPS) is 27.9. The van der Waals surface area contributed by atoms with Crippen LogP contribution in [0.4, 0.5) is 0 Å². The average molecular weight is 183 g/mol. The van der Waals surface area contributed by atoms with Crippen molar-refractivity contribution in [1.29, 1.82) is 0 Å². The summed E-state index contributed by atoms with van der Waals surface area (Å²) in [5.74, 6) is 0.881. The van der Waals surface area contributed by atoms with Gasteiger partial charge in [0.15, 0.2) is 0 Å². The first-order valence-corrected chi connectivity index (χ1v) is 5.52. The van der Waals surface area contributed by atoms with E-state index in [2.05, 4.69) is 39.9 Å². The molecule has 0 amide bonds. The molecule has 13 heavy (non-hydrogen) atoms. The van der Waals surface area contributed by atoms with Gasteiger partial charge in [-0.25, -0.2) is 0 Å². The minimum atomic E-state index is 0.499. The summed E-state index contributed by atoms with van der Waals surface area (Å²) in [6, 6.07) is 0. The van der Waals surface area contributed by atoms with Crippen molar-refractivity contribution in [2.45, 2.75) is 47.5 Å². The van der Waals surface area contributed by atoms with E-state index in [4.69, 9.17) is 0 Å². The first-order valence-electron chi connectivity index (χ1n) is 5.52. The zero-order valence-corrected chi connectivity index (χ0v) is 9.91. The minimum Gasteiger partial charge on any atom is -0.316 e. The predicted octanol–water partition coefficient (Wildman–Crippen LogP) is 3.06. The summed E-state index contributed by atoms with van der Waals surface area (Å²) in [5, 5.41) is 3.50. The maximum Gasteiger partial charge on any atom is 0.000577 e. The summed E-state index contributed by atoms with van der Waals surface area (Å²) >= 11 is 0. The zero-order valence-electron chi connectivity index (χ0n) is 9.91. The largest absolute Gasteiger partial charge is 0.316 e. The predicted molar refractivity (Wildman–Crippen MR) is 58.8 cm³/mol. The van der Waals surface area contributed by atoms with E-state index in [0.29, 0.717) is 10.8 Å². The molecule has 0 bridgehead atoms. The Morgan fingerprint density at radius 1 is 1.31 bits per heavy atom. The molecule has 1 saturated heterocycles. The second-order valence-corrected chi connectivity index (χ2v) is 6.42. The molecule has 1 fully saturated rings. The van der Waals surface area contributed by atoms with E-state index in [1.165, 1.54) is 25.9 Å². The Morgan fingerprint density at radius 2 is 1.92 bits per heavy atom. The van der Waals surface area contributed by atoms with Crippen molar-refractivity contribution in [3.63, 3.8) is 0 Å². The van der Waals surface area contributed by atoms with Gasteiger partial charge in [-0.2, -0.15) is 0 Å². The Hall–Kier alpha value is -0.0400. The van der Waals surface area contributed by atoms with Gasteiger partial charge in [-0.3, -0.25) is 0 Å². The van der Waals surface area contributed by atoms with Crippen molar-refractivity contribution in [2.24, 2.45) is 16.7 Å². The van der Waals surface area contributed by atoms with Crippen LogP contribution in [-0.2, 0) is 0 Å². The Bertz CT molecular complexity index is 164. The molecule has 1 heteroatoms. The maximum absolute atomic E-state index is 3.50. The number of hydrogen-bond acceptors (Lipinski definition) is 1. The summed E-state index contributed by atoms with van der Waals surface area (Å²) in [6.07, 6.45) is 2.73. The molecule has 1 nitrogen and oxygen atoms in total. The molecular weight excluding hydrogens is 158 g/mol. The third kappa shape index (κ3) is 3.30. The van der Waals surface area contributed by atoms with E-state index in [1.807, 2.05) is 0 Å². The maximum atomic E-state index is 3.50. The highest BCUT2D eigenvalue weighted by Crippen LogP contribution is 2.36. The van der Waals surface area contributed by atoms with E-state index in [0.717, 1.165) is 5.92 Å². The lowest BCUT2D eigenvalue weighted by Gasteiger charge is -2.28. The van der Waals surface area contributed by atoms with Gasteiger partial charge < -0.3 is 5.32 Å². The highest BCUT2D eigenvalue weighted by atomic mass is 14.9. The van der Waals surface area contributed by atoms with E-state index in [1.54, 1.807) is 0 Å². The molecule has 1 N–H and O–H groups in total. The van der Waals surface area contributed by atoms with Gasteiger partial charge in [0.25, 0.3) is 0 Å². The molecule has 1 aliphatic heterocycles. The lowest BCUT2D eigenvalue weighted by molar-refractivity contribution is 0.234. The van der Waals surface area contributed by atoms with Gasteiger partial charge in [-0.1, -0.05) is 34.6 Å². The van der Waals surface area contributed by atoms with Crippen molar-refractivity contribution >= 4 is 0 Å². The highest BCUT2D eigenvalue weighted by molar-refractivity contribution is 4.88. The summed E-state index contributed by atoms with van der Waals surface area (Å²) in [6.45, 7) is 14.2. The van der Waals surface area contributed by atoms with Crippen LogP contribution in [0.3, 0.4) is 0 Å². The van der Waals surface area contributed by atoms with Crippen LogP contribution in [0.15, 0.2) is 0 Å². The smallest absolute Gasteiger partial charge is 0.000577 e. The van der Waals surface area contributed by atoms with Gasteiger partial charge >= 0.3 is 0 Å². The number of rotatable bonds is 2. The Labute approximate surface area is 83.3 Å². The summed E-state index contributed by atoms with van der Waals surface area (Å²) in [7, 11) is 0. The van der Waals surface area contributed by atoms with Gasteiger partial charge in [0.2, 0.25) is 0 Å². The van der Waals surface area contributed by atoms with Crippen molar-refractivity contribution in [2.75, 3.05) is 13.1 Å². The Balaban J connectivity index is 2.37. The van der Waals surface area contributed by atoms with Crippen LogP contribution < -0.4 is 5.32 Å². The Morgan fingerprint density at radius 3 is 2.31 bits per heavy atom. The quantitative estimate of drug-likeness (QED) is 0.694. The standard InChI is InChI=1S/C12H25N/c1-11(2,3)7-6-10-8-13-9-12(10,4)5/h10,13H,6-9H2,1-5H3. The number of nitrogens with one attached hydrogen (secondary N) is 1. The molecule has 78 valence electrons. The number of hydrogen-bond donors (Lipinski definition) is 1. The van der Waals surface area contributed by atoms with E-state index < -0.39 is 0 Å². The van der Waals surface area contributed by atoms with Gasteiger partial charge in [0, 0.05) is 6.54 Å². The fourth-order valence-corrected chi connectivity index (χ4v) is 2.09. The molecular formula is C12H25N. The molecule has 0 aromatic carbocycles. The van der Waals surface area contributed by atoms with Gasteiger partial charge in [0.05, 0.1) is 0 Å². The lowest BCUT2D eigenvalue weighted by Crippen LogP contribution is -2.23. The molecule has 0 aliphatic carbocycles. The SMILES string of the molecule is CC(C)(C)CCC1CNCC1(C)C. The van der Waals surface area contributed by atoms with Crippen LogP contribution in [0, 0.1) is 16.7 Å². The summed E-state index contributed by atoms with van der Waals surface area (Å²) in [4.78, 5) is 0. The van der Waals surface area contributed by atoms with Crippen LogP contribution in [-0.4, -0.2) is 13.1 Å². The first-order chi connectivity index (χ1) is 5.81. The third-order valence-electron chi connectivity index (χ3n) is 3.32. The molecule has 0 saturated carbocycles.